The fourth-order valence-electron chi connectivity index (χ4n) is 2.55. The molecule has 0 bridgehead atoms. The van der Waals surface area contributed by atoms with E-state index in [2.05, 4.69) is 21.9 Å². The highest BCUT2D eigenvalue weighted by Crippen LogP contribution is 2.55. The molecule has 28 heavy (non-hydrogen) atoms. The summed E-state index contributed by atoms with van der Waals surface area (Å²) in [4.78, 5) is 24.1. The first-order valence-corrected chi connectivity index (χ1v) is 8.80. The number of esters is 1. The summed E-state index contributed by atoms with van der Waals surface area (Å²) in [5, 5.41) is 5.31. The maximum absolute atomic E-state index is 13.8. The molecule has 4 N–H and O–H groups in total. The third-order valence-corrected chi connectivity index (χ3v) is 4.76. The fourth-order valence-corrected chi connectivity index (χ4v) is 2.88. The van der Waals surface area contributed by atoms with Crippen LogP contribution >= 0.6 is 12.2 Å². The number of hydrogen-bond acceptors (Lipinski definition) is 6. The van der Waals surface area contributed by atoms with Crippen molar-refractivity contribution in [2.45, 2.75) is 26.7 Å². The number of carbonyl (C=O) groups excluding carboxylic acids is 2. The highest BCUT2D eigenvalue weighted by Gasteiger charge is 2.76. The second-order valence-corrected chi connectivity index (χ2v) is 6.90. The summed E-state index contributed by atoms with van der Waals surface area (Å²) in [5.74, 6) is -9.07. The van der Waals surface area contributed by atoms with Crippen molar-refractivity contribution in [2.24, 2.45) is 17.6 Å². The Bertz CT molecular complexity index is 796. The minimum atomic E-state index is -3.43. The zero-order chi connectivity index (χ0) is 21.8. The molecule has 2 unspecified atom stereocenters. The van der Waals surface area contributed by atoms with Crippen LogP contribution in [0.3, 0.4) is 0 Å². The molecule has 1 aliphatic rings. The summed E-state index contributed by atoms with van der Waals surface area (Å²) in [7, 11) is 2.69. The summed E-state index contributed by atoms with van der Waals surface area (Å²) in [6.45, 7) is 8.79. The van der Waals surface area contributed by atoms with E-state index in [0.29, 0.717) is 27.4 Å². The number of halogens is 2. The Morgan fingerprint density at radius 3 is 2.21 bits per heavy atom. The molecule has 0 aromatic carbocycles. The predicted octanol–water partition coefficient (Wildman–Crippen LogP) is 2.34. The molecule has 0 aliphatic heterocycles. The lowest BCUT2D eigenvalue weighted by molar-refractivity contribution is -0.145. The number of carbonyl (C=O) groups is 2. The van der Waals surface area contributed by atoms with Crippen molar-refractivity contribution in [1.82, 2.24) is 10.6 Å². The van der Waals surface area contributed by atoms with Crippen molar-refractivity contribution in [3.8, 4) is 0 Å². The number of alkyl halides is 2. The molecule has 2 atom stereocenters. The number of nitrogens with two attached hydrogens (primary N) is 1. The molecule has 0 aromatic rings. The predicted molar refractivity (Wildman–Crippen MR) is 107 cm³/mol. The molecule has 6 nitrogen and oxygen atoms in total. The number of methoxy groups -OCH3 is 1. The average molecular weight is 413 g/mol. The molecule has 0 heterocycles. The molecule has 9 heteroatoms. The van der Waals surface area contributed by atoms with Crippen molar-refractivity contribution >= 4 is 29.0 Å². The molecular weight excluding hydrogens is 388 g/mol. The molecule has 0 saturated heterocycles. The molecule has 154 valence electrons. The number of hydrogen-bond donors (Lipinski definition) is 3. The van der Waals surface area contributed by atoms with Gasteiger partial charge in [-0.05, 0) is 38.0 Å². The zero-order valence-corrected chi connectivity index (χ0v) is 17.3. The van der Waals surface area contributed by atoms with Gasteiger partial charge >= 0.3 is 5.97 Å². The van der Waals surface area contributed by atoms with Crippen LogP contribution in [0.5, 0.6) is 0 Å². The third-order valence-electron chi connectivity index (χ3n) is 4.24. The van der Waals surface area contributed by atoms with Gasteiger partial charge < -0.3 is 21.1 Å². The lowest BCUT2D eigenvalue weighted by atomic mass is 10.1. The van der Waals surface area contributed by atoms with Gasteiger partial charge in [-0.2, -0.15) is 0 Å². The number of rotatable bonds is 8. The SMILES string of the molecule is C=C(C)/C(=C\C=C(/C)C(=S)/C(NC)=C(/C)N)NC(=O)C1C(C(=O)OC)C1(F)F. The number of nitrogens with one attached hydrogen (secondary N) is 2. The van der Waals surface area contributed by atoms with Crippen LogP contribution in [-0.4, -0.2) is 36.8 Å². The Hall–Kier alpha value is -2.55. The van der Waals surface area contributed by atoms with Crippen molar-refractivity contribution in [2.75, 3.05) is 14.2 Å². The molecule has 0 aromatic heterocycles. The van der Waals surface area contributed by atoms with Crippen LogP contribution in [0.2, 0.25) is 0 Å². The first-order chi connectivity index (χ1) is 12.9. The normalized spacial score (nSPS) is 22.0. The number of allylic oxidation sites excluding steroid dienone is 5. The van der Waals surface area contributed by atoms with Crippen LogP contribution in [0, 0.1) is 11.8 Å². The van der Waals surface area contributed by atoms with E-state index in [4.69, 9.17) is 18.0 Å². The molecule has 0 radical (unpaired) electrons. The second kappa shape index (κ2) is 9.09. The summed E-state index contributed by atoms with van der Waals surface area (Å²) in [5.41, 5.74) is 8.24. The smallest absolute Gasteiger partial charge is 0.315 e. The minimum absolute atomic E-state index is 0.234. The Morgan fingerprint density at radius 1 is 1.21 bits per heavy atom. The topological polar surface area (TPSA) is 93.5 Å². The minimum Gasteiger partial charge on any atom is -0.469 e. The van der Waals surface area contributed by atoms with Crippen LogP contribution in [0.25, 0.3) is 0 Å². The van der Waals surface area contributed by atoms with Crippen LogP contribution in [-0.2, 0) is 14.3 Å². The van der Waals surface area contributed by atoms with Gasteiger partial charge in [0.25, 0.3) is 5.92 Å². The molecule has 1 rings (SSSR count). The van der Waals surface area contributed by atoms with E-state index in [1.807, 2.05) is 0 Å². The van der Waals surface area contributed by atoms with E-state index in [-0.39, 0.29) is 5.70 Å². The summed E-state index contributed by atoms with van der Waals surface area (Å²) >= 11 is 5.36. The third kappa shape index (κ3) is 5.03. The van der Waals surface area contributed by atoms with Gasteiger partial charge in [0.2, 0.25) is 5.91 Å². The Labute approximate surface area is 168 Å². The van der Waals surface area contributed by atoms with Crippen molar-refractivity contribution in [1.29, 1.82) is 0 Å². The molecule has 1 fully saturated rings. The lowest BCUT2D eigenvalue weighted by Crippen LogP contribution is -2.27. The monoisotopic (exact) mass is 413 g/mol. The van der Waals surface area contributed by atoms with Crippen molar-refractivity contribution < 1.29 is 23.1 Å². The first kappa shape index (κ1) is 23.5. The van der Waals surface area contributed by atoms with Crippen LogP contribution in [0.4, 0.5) is 8.78 Å². The fraction of sp³-hybridized carbons (Fsp3) is 0.421. The van der Waals surface area contributed by atoms with Gasteiger partial charge in [0.05, 0.1) is 17.7 Å². The summed E-state index contributed by atoms with van der Waals surface area (Å²) in [6.07, 6.45) is 3.13. The molecule has 1 amide bonds. The highest BCUT2D eigenvalue weighted by atomic mass is 32.1. The number of ether oxygens (including phenoxy) is 1. The van der Waals surface area contributed by atoms with E-state index in [1.165, 1.54) is 6.08 Å². The van der Waals surface area contributed by atoms with Gasteiger partial charge in [-0.3, -0.25) is 9.59 Å². The quantitative estimate of drug-likeness (QED) is 0.245. The zero-order valence-electron chi connectivity index (χ0n) is 16.5. The molecular formula is C19H25F2N3O3S. The average Bonchev–Trinajstić information content (AvgIpc) is 3.19. The van der Waals surface area contributed by atoms with Gasteiger partial charge in [0.15, 0.2) is 0 Å². The maximum atomic E-state index is 13.8. The van der Waals surface area contributed by atoms with Crippen LogP contribution in [0.1, 0.15) is 20.8 Å². The van der Waals surface area contributed by atoms with E-state index >= 15 is 0 Å². The standard InChI is InChI=1S/C19H25F2N3O3S/c1-9(2)12(8-7-10(3)16(28)15(23-5)11(4)22)24-17(25)13-14(18(26)27-6)19(13,20)21/h7-8,13-14,23H,1,22H2,2-6H3,(H,24,25)/b10-7+,12-8+,15-11+. The van der Waals surface area contributed by atoms with Crippen molar-refractivity contribution in [3.63, 3.8) is 0 Å². The Morgan fingerprint density at radius 2 is 1.79 bits per heavy atom. The van der Waals surface area contributed by atoms with Crippen molar-refractivity contribution in [3.05, 3.63) is 47.0 Å². The van der Waals surface area contributed by atoms with Gasteiger partial charge in [-0.1, -0.05) is 24.9 Å². The van der Waals surface area contributed by atoms with Crippen LogP contribution < -0.4 is 16.4 Å². The lowest BCUT2D eigenvalue weighted by Gasteiger charge is -2.12. The van der Waals surface area contributed by atoms with Gasteiger partial charge in [-0.25, -0.2) is 8.78 Å². The summed E-state index contributed by atoms with van der Waals surface area (Å²) < 4.78 is 31.9. The van der Waals surface area contributed by atoms with Gasteiger partial charge in [0, 0.05) is 18.4 Å². The Kier molecular flexibility index (Phi) is 7.63. The number of thiocarbonyl (C=S) groups is 1. The van der Waals surface area contributed by atoms with Gasteiger partial charge in [0.1, 0.15) is 11.8 Å². The number of amides is 1. The van der Waals surface area contributed by atoms with E-state index in [9.17, 15) is 18.4 Å². The molecule has 1 saturated carbocycles. The molecule has 1 aliphatic carbocycles. The summed E-state index contributed by atoms with van der Waals surface area (Å²) in [6, 6.07) is 0. The van der Waals surface area contributed by atoms with E-state index < -0.39 is 29.6 Å². The Balaban J connectivity index is 3.02. The van der Waals surface area contributed by atoms with Gasteiger partial charge in [-0.15, -0.1) is 0 Å². The maximum Gasteiger partial charge on any atom is 0.315 e. The van der Waals surface area contributed by atoms with E-state index in [1.54, 1.807) is 33.9 Å². The van der Waals surface area contributed by atoms with Crippen LogP contribution in [0.15, 0.2) is 47.0 Å². The first-order valence-electron chi connectivity index (χ1n) is 8.39. The second-order valence-electron chi connectivity index (χ2n) is 6.49. The van der Waals surface area contributed by atoms with E-state index in [0.717, 1.165) is 7.11 Å². The largest absolute Gasteiger partial charge is 0.469 e. The highest BCUT2D eigenvalue weighted by molar-refractivity contribution is 7.81. The molecule has 0 spiro atoms.